The Bertz CT molecular complexity index is 1330. The van der Waals surface area contributed by atoms with Crippen molar-refractivity contribution in [1.82, 2.24) is 9.88 Å². The number of aliphatic hydroxyl groups is 1. The number of nitrogens with one attached hydrogen (secondary N) is 2. The topological polar surface area (TPSA) is 87.5 Å². The minimum atomic E-state index is -0.669. The largest absolute Gasteiger partial charge is 0.507 e. The summed E-state index contributed by atoms with van der Waals surface area (Å²) in [5.74, 6) is -1.43. The van der Waals surface area contributed by atoms with Crippen LogP contribution >= 0.6 is 0 Å². The van der Waals surface area contributed by atoms with Gasteiger partial charge in [0, 0.05) is 40.8 Å². The molecule has 1 unspecified atom stereocenters. The fourth-order valence-electron chi connectivity index (χ4n) is 4.37. The number of rotatable bonds is 5. The molecule has 6 heteroatoms. The van der Waals surface area contributed by atoms with Crippen molar-refractivity contribution in [3.8, 4) is 0 Å². The van der Waals surface area contributed by atoms with E-state index in [9.17, 15) is 14.7 Å². The third-order valence-corrected chi connectivity index (χ3v) is 5.93. The van der Waals surface area contributed by atoms with Crippen molar-refractivity contribution >= 4 is 28.4 Å². The van der Waals surface area contributed by atoms with E-state index in [0.717, 1.165) is 22.0 Å². The van der Waals surface area contributed by atoms with Gasteiger partial charge in [0.25, 0.3) is 11.7 Å². The number of nitrogens with zero attached hydrogens (tertiary/aromatic N) is 1. The average molecular weight is 424 g/mol. The maximum Gasteiger partial charge on any atom is 0.295 e. The fourth-order valence-corrected chi connectivity index (χ4v) is 4.37. The number of hydrogen-bond acceptors (Lipinski definition) is 3. The summed E-state index contributed by atoms with van der Waals surface area (Å²) >= 11 is 0. The van der Waals surface area contributed by atoms with E-state index in [0.29, 0.717) is 18.5 Å². The summed E-state index contributed by atoms with van der Waals surface area (Å²) in [7, 11) is 0. The first-order valence-corrected chi connectivity index (χ1v) is 10.5. The smallest absolute Gasteiger partial charge is 0.295 e. The first kappa shape index (κ1) is 19.8. The highest BCUT2D eigenvalue weighted by Gasteiger charge is 2.46. The zero-order valence-corrected chi connectivity index (χ0v) is 17.3. The van der Waals surface area contributed by atoms with Crippen LogP contribution in [0.25, 0.3) is 16.7 Å². The molecule has 0 bridgehead atoms. The number of carbonyl (C=O) groups excluding carboxylic acids is 2. The van der Waals surface area contributed by atoms with E-state index in [2.05, 4.69) is 9.97 Å². The molecule has 1 amide bonds. The van der Waals surface area contributed by atoms with E-state index in [-0.39, 0.29) is 11.3 Å². The van der Waals surface area contributed by atoms with Gasteiger partial charge in [0.1, 0.15) is 5.76 Å². The summed E-state index contributed by atoms with van der Waals surface area (Å²) in [6.07, 6.45) is 6.04. The molecule has 32 heavy (non-hydrogen) atoms. The molecule has 3 heterocycles. The molecule has 0 aliphatic carbocycles. The highest BCUT2D eigenvalue weighted by molar-refractivity contribution is 6.46. The Kier molecular flexibility index (Phi) is 5.03. The van der Waals surface area contributed by atoms with Crippen LogP contribution in [0.4, 0.5) is 0 Å². The molecule has 0 spiro atoms. The van der Waals surface area contributed by atoms with Crippen LogP contribution in [0.1, 0.15) is 22.7 Å². The van der Waals surface area contributed by atoms with E-state index in [1.165, 1.54) is 0 Å². The van der Waals surface area contributed by atoms with Gasteiger partial charge in [0.15, 0.2) is 12.4 Å². The van der Waals surface area contributed by atoms with Crippen LogP contribution in [-0.2, 0) is 16.0 Å². The molecule has 1 saturated heterocycles. The van der Waals surface area contributed by atoms with Gasteiger partial charge in [0.2, 0.25) is 0 Å². The molecule has 0 saturated carbocycles. The summed E-state index contributed by atoms with van der Waals surface area (Å²) in [6.45, 7) is 0.345. The molecule has 3 N–H and O–H groups in total. The molecule has 1 atom stereocenters. The summed E-state index contributed by atoms with van der Waals surface area (Å²) in [5.41, 5.74) is 3.46. The second-order valence-corrected chi connectivity index (χ2v) is 7.80. The summed E-state index contributed by atoms with van der Waals surface area (Å²) in [4.78, 5) is 34.0. The molecule has 2 aromatic heterocycles. The van der Waals surface area contributed by atoms with Crippen molar-refractivity contribution < 1.29 is 19.7 Å². The predicted octanol–water partition coefficient (Wildman–Crippen LogP) is 3.65. The van der Waals surface area contributed by atoms with Gasteiger partial charge in [-0.2, -0.15) is 0 Å². The number of aromatic amines is 2. The number of fused-ring (bicyclic) bond motifs is 1. The Morgan fingerprint density at radius 1 is 1.00 bits per heavy atom. The van der Waals surface area contributed by atoms with Crippen LogP contribution in [0.15, 0.2) is 90.9 Å². The number of ketones is 1. The summed E-state index contributed by atoms with van der Waals surface area (Å²) < 4.78 is 0. The number of benzene rings is 2. The number of carbonyl (C=O) groups is 2. The third-order valence-electron chi connectivity index (χ3n) is 5.93. The maximum atomic E-state index is 13.1. The second-order valence-electron chi connectivity index (χ2n) is 7.80. The Hall–Kier alpha value is -4.19. The Balaban J connectivity index is 1.55. The molecular weight excluding hydrogens is 402 g/mol. The zero-order chi connectivity index (χ0) is 22.1. The van der Waals surface area contributed by atoms with E-state index < -0.39 is 17.7 Å². The zero-order valence-electron chi connectivity index (χ0n) is 17.3. The van der Waals surface area contributed by atoms with Crippen LogP contribution in [0.2, 0.25) is 0 Å². The molecule has 6 nitrogen and oxygen atoms in total. The van der Waals surface area contributed by atoms with Crippen LogP contribution in [0.5, 0.6) is 0 Å². The second kappa shape index (κ2) is 8.15. The number of hydrogen-bond donors (Lipinski definition) is 2. The number of aromatic nitrogens is 2. The number of likely N-dealkylation sites (tertiary alicyclic amines) is 1. The Morgan fingerprint density at radius 2 is 1.78 bits per heavy atom. The van der Waals surface area contributed by atoms with Crippen LogP contribution in [-0.4, -0.2) is 33.2 Å². The number of H-pyrrole nitrogens is 2. The molecule has 0 radical (unpaired) electrons. The third kappa shape index (κ3) is 3.36. The van der Waals surface area contributed by atoms with Gasteiger partial charge < -0.3 is 15.0 Å². The summed E-state index contributed by atoms with van der Waals surface area (Å²) in [6, 6.07) is 19.8. The highest BCUT2D eigenvalue weighted by atomic mass is 16.3. The molecule has 1 aliphatic heterocycles. The van der Waals surface area contributed by atoms with Crippen LogP contribution in [0.3, 0.4) is 0 Å². The van der Waals surface area contributed by atoms with E-state index in [1.807, 2.05) is 48.7 Å². The first-order valence-electron chi connectivity index (χ1n) is 10.5. The fraction of sp³-hybridized carbons (Fsp3) is 0.115. The van der Waals surface area contributed by atoms with Gasteiger partial charge in [-0.15, -0.1) is 0 Å². The van der Waals surface area contributed by atoms with Gasteiger partial charge in [0.05, 0.1) is 11.6 Å². The number of Topliss-reactive ketones (excluding diaryl/α,β-unsaturated/α-hetero) is 1. The average Bonchev–Trinajstić information content (AvgIpc) is 3.37. The monoisotopic (exact) mass is 424 g/mol. The normalized spacial score (nSPS) is 17.9. The standard InChI is InChI=1S/C26H21N3O3/c30-24(17-7-2-1-3-8-17)22-23(19-9-6-13-27-15-19)29(26(32)25(22)31)14-12-18-16-28-21-11-5-4-10-20(18)21/h1-11,13,15-16,23,28,30H,12,14H2/p+1. The molecule has 1 fully saturated rings. The van der Waals surface area contributed by atoms with Crippen molar-refractivity contribution in [3.05, 3.63) is 108 Å². The lowest BCUT2D eigenvalue weighted by Gasteiger charge is -2.24. The minimum Gasteiger partial charge on any atom is -0.507 e. The van der Waals surface area contributed by atoms with Gasteiger partial charge in [-0.3, -0.25) is 9.59 Å². The number of para-hydroxylation sites is 1. The molecule has 2 aromatic carbocycles. The van der Waals surface area contributed by atoms with Crippen molar-refractivity contribution in [2.75, 3.05) is 6.54 Å². The predicted molar refractivity (Wildman–Crippen MR) is 120 cm³/mol. The van der Waals surface area contributed by atoms with Crippen LogP contribution in [0, 0.1) is 0 Å². The highest BCUT2D eigenvalue weighted by Crippen LogP contribution is 2.39. The molecular formula is C26H22N3O3+. The van der Waals surface area contributed by atoms with Crippen LogP contribution < -0.4 is 4.98 Å². The lowest BCUT2D eigenvalue weighted by Crippen LogP contribution is -2.32. The van der Waals surface area contributed by atoms with Gasteiger partial charge in [-0.1, -0.05) is 48.5 Å². The van der Waals surface area contributed by atoms with Crippen molar-refractivity contribution in [1.29, 1.82) is 0 Å². The van der Waals surface area contributed by atoms with E-state index >= 15 is 0 Å². The van der Waals surface area contributed by atoms with Gasteiger partial charge in [-0.05, 0) is 24.1 Å². The molecule has 5 rings (SSSR count). The van der Waals surface area contributed by atoms with Gasteiger partial charge >= 0.3 is 0 Å². The molecule has 158 valence electrons. The SMILES string of the molecule is O=C1C(=O)N(CCc2c[nH]c3ccccc23)C(c2ccc[nH+]c2)C1=C(O)c1ccccc1. The molecule has 1 aliphatic rings. The quantitative estimate of drug-likeness (QED) is 0.291. The lowest BCUT2D eigenvalue weighted by molar-refractivity contribution is -0.378. The number of pyridine rings is 1. The maximum absolute atomic E-state index is 13.1. The van der Waals surface area contributed by atoms with E-state index in [4.69, 9.17) is 0 Å². The lowest BCUT2D eigenvalue weighted by atomic mass is 9.96. The van der Waals surface area contributed by atoms with Crippen molar-refractivity contribution in [3.63, 3.8) is 0 Å². The van der Waals surface area contributed by atoms with Crippen molar-refractivity contribution in [2.45, 2.75) is 12.5 Å². The Labute approximate surface area is 184 Å². The molecule has 4 aromatic rings. The first-order chi connectivity index (χ1) is 15.6. The summed E-state index contributed by atoms with van der Waals surface area (Å²) in [5, 5.41) is 12.1. The number of amides is 1. The van der Waals surface area contributed by atoms with Crippen molar-refractivity contribution in [2.24, 2.45) is 0 Å². The number of aliphatic hydroxyl groups excluding tert-OH is 1. The van der Waals surface area contributed by atoms with E-state index in [1.54, 1.807) is 41.6 Å². The van der Waals surface area contributed by atoms with Gasteiger partial charge in [-0.25, -0.2) is 4.98 Å². The minimum absolute atomic E-state index is 0.111. The Morgan fingerprint density at radius 3 is 2.56 bits per heavy atom.